The lowest BCUT2D eigenvalue weighted by molar-refractivity contribution is 0.0750. The Balaban J connectivity index is 1.51. The van der Waals surface area contributed by atoms with Crippen molar-refractivity contribution in [3.63, 3.8) is 0 Å². The number of fused-ring (bicyclic) bond motifs is 1. The highest BCUT2D eigenvalue weighted by atomic mass is 19.1. The van der Waals surface area contributed by atoms with E-state index in [1.807, 2.05) is 0 Å². The first-order valence-electron chi connectivity index (χ1n) is 8.04. The molecule has 1 unspecified atom stereocenters. The lowest BCUT2D eigenvalue weighted by atomic mass is 9.91. The summed E-state index contributed by atoms with van der Waals surface area (Å²) in [6.07, 6.45) is 4.20. The van der Waals surface area contributed by atoms with Gasteiger partial charge >= 0.3 is 0 Å². The van der Waals surface area contributed by atoms with Crippen molar-refractivity contribution in [2.24, 2.45) is 5.92 Å². The molecule has 0 amide bonds. The van der Waals surface area contributed by atoms with Gasteiger partial charge in [-0.1, -0.05) is 12.1 Å². The molecule has 3 aromatic rings. The van der Waals surface area contributed by atoms with Gasteiger partial charge in [-0.25, -0.2) is 9.37 Å². The normalized spacial score (nSPS) is 16.7. The van der Waals surface area contributed by atoms with Crippen molar-refractivity contribution < 1.29 is 18.4 Å². The lowest BCUT2D eigenvalue weighted by Gasteiger charge is -2.20. The maximum atomic E-state index is 13.0. The standard InChI is InChI=1S/C19H15FN2O3/c20-13-3-1-12(2-4-13)11-14-5-6-16(25-14)17(23)15-7-9-22-10-8-21-19(22)18(15)24/h1-6,8,10,15H,7,9,11H2. The Bertz CT molecular complexity index is 940. The molecule has 0 radical (unpaired) electrons. The minimum atomic E-state index is -0.750. The molecule has 0 saturated heterocycles. The Morgan fingerprint density at radius 3 is 2.84 bits per heavy atom. The van der Waals surface area contributed by atoms with Crippen LogP contribution >= 0.6 is 0 Å². The summed E-state index contributed by atoms with van der Waals surface area (Å²) in [5.41, 5.74) is 0.880. The number of hydrogen-bond donors (Lipinski definition) is 0. The Labute approximate surface area is 143 Å². The van der Waals surface area contributed by atoms with Gasteiger partial charge in [0.2, 0.25) is 11.6 Å². The molecule has 0 saturated carbocycles. The topological polar surface area (TPSA) is 65.1 Å². The SMILES string of the molecule is O=C(c1ccc(Cc2ccc(F)cc2)o1)C1CCn2ccnc2C1=O. The number of rotatable bonds is 4. The Morgan fingerprint density at radius 2 is 2.04 bits per heavy atom. The number of nitrogens with zero attached hydrogens (tertiary/aromatic N) is 2. The second-order valence-corrected chi connectivity index (χ2v) is 6.08. The van der Waals surface area contributed by atoms with Gasteiger partial charge in [-0.05, 0) is 36.2 Å². The monoisotopic (exact) mass is 338 g/mol. The number of Topliss-reactive ketones (excluding diaryl/α,β-unsaturated/α-hetero) is 2. The van der Waals surface area contributed by atoms with Crippen molar-refractivity contribution in [2.75, 3.05) is 0 Å². The first-order chi connectivity index (χ1) is 12.1. The summed E-state index contributed by atoms with van der Waals surface area (Å²) in [4.78, 5) is 29.1. The van der Waals surface area contributed by atoms with Crippen LogP contribution in [0.1, 0.15) is 38.9 Å². The van der Waals surface area contributed by atoms with Crippen LogP contribution in [-0.2, 0) is 13.0 Å². The van der Waals surface area contributed by atoms with Crippen molar-refractivity contribution >= 4 is 11.6 Å². The second-order valence-electron chi connectivity index (χ2n) is 6.08. The number of aromatic nitrogens is 2. The van der Waals surface area contributed by atoms with E-state index in [1.165, 1.54) is 12.1 Å². The third kappa shape index (κ3) is 2.91. The summed E-state index contributed by atoms with van der Waals surface area (Å²) >= 11 is 0. The minimum absolute atomic E-state index is 0.176. The molecule has 5 nitrogen and oxygen atoms in total. The smallest absolute Gasteiger partial charge is 0.209 e. The molecule has 1 aromatic carbocycles. The van der Waals surface area contributed by atoms with Gasteiger partial charge in [0.25, 0.3) is 0 Å². The second kappa shape index (κ2) is 6.12. The zero-order valence-corrected chi connectivity index (χ0v) is 13.3. The maximum absolute atomic E-state index is 13.0. The molecule has 3 heterocycles. The summed E-state index contributed by atoms with van der Waals surface area (Å²) in [5.74, 6) is -0.534. The molecule has 1 atom stereocenters. The van der Waals surface area contributed by atoms with Crippen LogP contribution in [0.15, 0.2) is 53.2 Å². The van der Waals surface area contributed by atoms with Gasteiger partial charge in [0.1, 0.15) is 11.6 Å². The van der Waals surface area contributed by atoms with Crippen molar-refractivity contribution in [1.82, 2.24) is 9.55 Å². The first-order valence-corrected chi connectivity index (χ1v) is 8.04. The van der Waals surface area contributed by atoms with E-state index in [2.05, 4.69) is 4.98 Å². The van der Waals surface area contributed by atoms with Gasteiger partial charge in [-0.2, -0.15) is 0 Å². The number of aryl methyl sites for hydroxylation is 1. The predicted octanol–water partition coefficient (Wildman–Crippen LogP) is 3.29. The number of hydrogen-bond acceptors (Lipinski definition) is 4. The van der Waals surface area contributed by atoms with Crippen LogP contribution in [-0.4, -0.2) is 21.1 Å². The average Bonchev–Trinajstić information content (AvgIpc) is 3.26. The molecule has 2 aromatic heterocycles. The summed E-state index contributed by atoms with van der Waals surface area (Å²) in [6.45, 7) is 0.584. The molecule has 1 aliphatic heterocycles. The zero-order valence-electron chi connectivity index (χ0n) is 13.3. The molecule has 6 heteroatoms. The highest BCUT2D eigenvalue weighted by Gasteiger charge is 2.35. The van der Waals surface area contributed by atoms with Crippen LogP contribution in [0.2, 0.25) is 0 Å². The largest absolute Gasteiger partial charge is 0.458 e. The van der Waals surface area contributed by atoms with E-state index < -0.39 is 5.92 Å². The van der Waals surface area contributed by atoms with Crippen molar-refractivity contribution in [3.8, 4) is 0 Å². The zero-order chi connectivity index (χ0) is 17.4. The van der Waals surface area contributed by atoms with Crippen LogP contribution in [0.4, 0.5) is 4.39 Å². The number of benzene rings is 1. The van der Waals surface area contributed by atoms with Crippen LogP contribution in [0, 0.1) is 11.7 Å². The summed E-state index contributed by atoms with van der Waals surface area (Å²) in [5, 5.41) is 0. The van der Waals surface area contributed by atoms with E-state index in [1.54, 1.807) is 41.2 Å². The van der Waals surface area contributed by atoms with E-state index in [0.29, 0.717) is 31.0 Å². The van der Waals surface area contributed by atoms with Crippen LogP contribution in [0.3, 0.4) is 0 Å². The predicted molar refractivity (Wildman–Crippen MR) is 86.9 cm³/mol. The maximum Gasteiger partial charge on any atom is 0.209 e. The lowest BCUT2D eigenvalue weighted by Crippen LogP contribution is -2.32. The summed E-state index contributed by atoms with van der Waals surface area (Å²) < 4.78 is 20.3. The highest BCUT2D eigenvalue weighted by Crippen LogP contribution is 2.24. The fraction of sp³-hybridized carbons (Fsp3) is 0.211. The van der Waals surface area contributed by atoms with E-state index in [0.717, 1.165) is 5.56 Å². The molecule has 0 fully saturated rings. The molecular formula is C19H15FN2O3. The third-order valence-corrected chi connectivity index (χ3v) is 4.42. The average molecular weight is 338 g/mol. The van der Waals surface area contributed by atoms with E-state index in [-0.39, 0.29) is 23.1 Å². The van der Waals surface area contributed by atoms with Crippen LogP contribution < -0.4 is 0 Å². The van der Waals surface area contributed by atoms with Crippen molar-refractivity contribution in [2.45, 2.75) is 19.4 Å². The van der Waals surface area contributed by atoms with Gasteiger partial charge in [-0.3, -0.25) is 9.59 Å². The Morgan fingerprint density at radius 1 is 1.24 bits per heavy atom. The van der Waals surface area contributed by atoms with E-state index in [9.17, 15) is 14.0 Å². The van der Waals surface area contributed by atoms with Crippen LogP contribution in [0.5, 0.6) is 0 Å². The molecule has 0 aliphatic carbocycles. The fourth-order valence-corrected chi connectivity index (χ4v) is 3.10. The van der Waals surface area contributed by atoms with E-state index >= 15 is 0 Å². The summed E-state index contributed by atoms with van der Waals surface area (Å²) in [6, 6.07) is 9.41. The number of carbonyl (C=O) groups excluding carboxylic acids is 2. The summed E-state index contributed by atoms with van der Waals surface area (Å²) in [7, 11) is 0. The third-order valence-electron chi connectivity index (χ3n) is 4.42. The quantitative estimate of drug-likeness (QED) is 0.541. The highest BCUT2D eigenvalue weighted by molar-refractivity contribution is 6.14. The van der Waals surface area contributed by atoms with Gasteiger partial charge < -0.3 is 8.98 Å². The molecule has 0 N–H and O–H groups in total. The number of halogens is 1. The molecule has 1 aliphatic rings. The molecule has 0 bridgehead atoms. The molecular weight excluding hydrogens is 323 g/mol. The molecule has 126 valence electrons. The van der Waals surface area contributed by atoms with Gasteiger partial charge in [0.15, 0.2) is 11.6 Å². The van der Waals surface area contributed by atoms with Gasteiger partial charge in [0.05, 0.1) is 5.92 Å². The Kier molecular flexibility index (Phi) is 3.80. The number of furan rings is 1. The first kappa shape index (κ1) is 15.5. The number of imidazole rings is 1. The van der Waals surface area contributed by atoms with Crippen molar-refractivity contribution in [3.05, 3.63) is 77.5 Å². The van der Waals surface area contributed by atoms with Gasteiger partial charge in [0, 0.05) is 25.4 Å². The number of carbonyl (C=O) groups is 2. The molecule has 4 rings (SSSR count). The molecule has 25 heavy (non-hydrogen) atoms. The fourth-order valence-electron chi connectivity index (χ4n) is 3.10. The van der Waals surface area contributed by atoms with E-state index in [4.69, 9.17) is 4.42 Å². The minimum Gasteiger partial charge on any atom is -0.458 e. The Hall–Kier alpha value is -3.02. The number of ketones is 2. The molecule has 0 spiro atoms. The van der Waals surface area contributed by atoms with Crippen molar-refractivity contribution in [1.29, 1.82) is 0 Å². The van der Waals surface area contributed by atoms with Crippen LogP contribution in [0.25, 0.3) is 0 Å². The van der Waals surface area contributed by atoms with Gasteiger partial charge in [-0.15, -0.1) is 0 Å².